The molecule has 0 spiro atoms. The van der Waals surface area contributed by atoms with E-state index in [2.05, 4.69) is 106 Å². The monoisotopic (exact) mass is 458 g/mol. The number of hydrogen-bond acceptors (Lipinski definition) is 1. The maximum atomic E-state index is 10.1. The van der Waals surface area contributed by atoms with E-state index in [0.29, 0.717) is 5.75 Å². The molecule has 0 unspecified atom stereocenters. The third kappa shape index (κ3) is 32.0. The van der Waals surface area contributed by atoms with Gasteiger partial charge in [-0.25, -0.2) is 0 Å². The normalized spacial score (nSPS) is 8.67. The lowest BCUT2D eigenvalue weighted by molar-refractivity contribution is 0.464. The summed E-state index contributed by atoms with van der Waals surface area (Å²) in [6.07, 6.45) is 12.6. The van der Waals surface area contributed by atoms with Gasteiger partial charge in [0.1, 0.15) is 5.75 Å². The van der Waals surface area contributed by atoms with E-state index < -0.39 is 0 Å². The molecule has 1 aromatic rings. The highest BCUT2D eigenvalue weighted by atomic mass is 16.3. The van der Waals surface area contributed by atoms with Crippen molar-refractivity contribution in [2.24, 2.45) is 11.8 Å². The molecule has 1 N–H and O–H groups in total. The fraction of sp³-hybridized carbons (Fsp3) is 0.500. The third-order valence-electron chi connectivity index (χ3n) is 4.62. The second kappa shape index (κ2) is 37.1. The van der Waals surface area contributed by atoms with Crippen molar-refractivity contribution < 1.29 is 5.11 Å². The Morgan fingerprint density at radius 1 is 0.576 bits per heavy atom. The molecule has 33 heavy (non-hydrogen) atoms. The van der Waals surface area contributed by atoms with Crippen molar-refractivity contribution in [1.29, 1.82) is 0 Å². The highest BCUT2D eigenvalue weighted by molar-refractivity contribution is 5.36. The fourth-order valence-corrected chi connectivity index (χ4v) is 3.10. The quantitative estimate of drug-likeness (QED) is 0.244. The van der Waals surface area contributed by atoms with Gasteiger partial charge in [-0.15, -0.1) is 65.8 Å². The molecule has 1 aromatic carbocycles. The number of phenols is 1. The standard InChI is InChI=1S/C22H38O.5C2H4/c1-18(2)11-7-5-9-13-20-15-16-22(23)21(17-20)14-10-6-8-12-19(3)4;5*1-2/h15-19,23H,5-14H2,1-4H3;5*1-2H2. The Balaban J connectivity index is -0.000000230. The minimum absolute atomic E-state index is 0.484. The first-order valence-corrected chi connectivity index (χ1v) is 12.3. The molecule has 0 aliphatic heterocycles. The van der Waals surface area contributed by atoms with Gasteiger partial charge in [0.25, 0.3) is 0 Å². The van der Waals surface area contributed by atoms with E-state index in [1.54, 1.807) is 0 Å². The van der Waals surface area contributed by atoms with E-state index in [1.165, 1.54) is 56.9 Å². The number of unbranched alkanes of at least 4 members (excludes halogenated alkanes) is 4. The van der Waals surface area contributed by atoms with Crippen LogP contribution in [-0.2, 0) is 12.8 Å². The van der Waals surface area contributed by atoms with Crippen molar-refractivity contribution in [3.05, 3.63) is 95.1 Å². The summed E-state index contributed by atoms with van der Waals surface area (Å²) in [4.78, 5) is 0. The molecule has 0 saturated carbocycles. The van der Waals surface area contributed by atoms with Crippen molar-refractivity contribution in [3.8, 4) is 5.75 Å². The van der Waals surface area contributed by atoms with Gasteiger partial charge in [-0.3, -0.25) is 0 Å². The lowest BCUT2D eigenvalue weighted by atomic mass is 9.98. The van der Waals surface area contributed by atoms with Crippen LogP contribution in [0.5, 0.6) is 5.75 Å². The Bertz CT molecular complexity index is 478. The predicted molar refractivity (Wildman–Crippen MR) is 158 cm³/mol. The van der Waals surface area contributed by atoms with E-state index in [4.69, 9.17) is 0 Å². The second-order valence-electron chi connectivity index (χ2n) is 7.95. The first-order chi connectivity index (χ1) is 16.0. The molecule has 1 rings (SSSR count). The topological polar surface area (TPSA) is 20.2 Å². The maximum absolute atomic E-state index is 10.1. The molecule has 0 amide bonds. The van der Waals surface area contributed by atoms with Crippen LogP contribution in [0.4, 0.5) is 0 Å². The molecule has 0 bridgehead atoms. The van der Waals surface area contributed by atoms with E-state index in [1.807, 2.05) is 6.07 Å². The number of phenolic OH excluding ortho intramolecular Hbond substituents is 1. The minimum Gasteiger partial charge on any atom is -0.508 e. The number of aromatic hydroxyl groups is 1. The first kappa shape index (κ1) is 41.0. The summed E-state index contributed by atoms with van der Waals surface area (Å²) < 4.78 is 0. The molecule has 0 aliphatic rings. The Morgan fingerprint density at radius 2 is 0.970 bits per heavy atom. The van der Waals surface area contributed by atoms with Gasteiger partial charge >= 0.3 is 0 Å². The Labute approximate surface area is 209 Å². The summed E-state index contributed by atoms with van der Waals surface area (Å²) in [5.74, 6) is 2.12. The Morgan fingerprint density at radius 3 is 1.36 bits per heavy atom. The average Bonchev–Trinajstić information content (AvgIpc) is 2.86. The molecular formula is C32H58O. The molecule has 192 valence electrons. The van der Waals surface area contributed by atoms with Crippen molar-refractivity contribution in [2.45, 2.75) is 91.9 Å². The molecule has 0 radical (unpaired) electrons. The molecule has 0 aliphatic carbocycles. The number of aryl methyl sites for hydroxylation is 2. The molecular weight excluding hydrogens is 400 g/mol. The molecule has 0 fully saturated rings. The van der Waals surface area contributed by atoms with Gasteiger partial charge in [-0.1, -0.05) is 78.4 Å². The fourth-order valence-electron chi connectivity index (χ4n) is 3.10. The Kier molecular flexibility index (Phi) is 46.1. The Hall–Kier alpha value is -2.28. The van der Waals surface area contributed by atoms with Crippen LogP contribution in [0.1, 0.15) is 90.2 Å². The lowest BCUT2D eigenvalue weighted by Gasteiger charge is -2.09. The van der Waals surface area contributed by atoms with E-state index in [-0.39, 0.29) is 0 Å². The lowest BCUT2D eigenvalue weighted by Crippen LogP contribution is -1.93. The summed E-state index contributed by atoms with van der Waals surface area (Å²) in [5.41, 5.74) is 2.54. The molecule has 0 aromatic heterocycles. The van der Waals surface area contributed by atoms with Gasteiger partial charge in [0.05, 0.1) is 0 Å². The molecule has 0 atom stereocenters. The van der Waals surface area contributed by atoms with Gasteiger partial charge in [-0.05, 0) is 54.7 Å². The number of benzene rings is 1. The van der Waals surface area contributed by atoms with Gasteiger partial charge in [0, 0.05) is 0 Å². The van der Waals surface area contributed by atoms with Crippen molar-refractivity contribution in [2.75, 3.05) is 0 Å². The number of rotatable bonds is 12. The van der Waals surface area contributed by atoms with Gasteiger partial charge in [0.15, 0.2) is 0 Å². The summed E-state index contributed by atoms with van der Waals surface area (Å²) >= 11 is 0. The highest BCUT2D eigenvalue weighted by Gasteiger charge is 2.04. The summed E-state index contributed by atoms with van der Waals surface area (Å²) in [6, 6.07) is 6.23. The minimum atomic E-state index is 0.484. The SMILES string of the molecule is C=C.C=C.C=C.C=C.C=C.CC(C)CCCCCc1ccc(O)c(CCCCCC(C)C)c1. The third-order valence-corrected chi connectivity index (χ3v) is 4.62. The number of hydrogen-bond donors (Lipinski definition) is 1. The van der Waals surface area contributed by atoms with Gasteiger partial charge in [0.2, 0.25) is 0 Å². The smallest absolute Gasteiger partial charge is 0.118 e. The van der Waals surface area contributed by atoms with Crippen LogP contribution < -0.4 is 0 Å². The summed E-state index contributed by atoms with van der Waals surface area (Å²) in [7, 11) is 0. The molecule has 1 heteroatoms. The zero-order valence-electron chi connectivity index (χ0n) is 23.0. The van der Waals surface area contributed by atoms with Crippen LogP contribution >= 0.6 is 0 Å². The molecule has 0 heterocycles. The van der Waals surface area contributed by atoms with Crippen LogP contribution in [0.2, 0.25) is 0 Å². The van der Waals surface area contributed by atoms with E-state index in [0.717, 1.165) is 30.2 Å². The average molecular weight is 459 g/mol. The van der Waals surface area contributed by atoms with Crippen LogP contribution in [0.25, 0.3) is 0 Å². The second-order valence-corrected chi connectivity index (χ2v) is 7.95. The zero-order chi connectivity index (χ0) is 27.1. The van der Waals surface area contributed by atoms with Gasteiger partial charge < -0.3 is 5.11 Å². The molecule has 0 saturated heterocycles. The summed E-state index contributed by atoms with van der Waals surface area (Å²) in [5, 5.41) is 10.1. The van der Waals surface area contributed by atoms with Crippen molar-refractivity contribution in [1.82, 2.24) is 0 Å². The summed E-state index contributed by atoms with van der Waals surface area (Å²) in [6.45, 7) is 39.2. The van der Waals surface area contributed by atoms with Gasteiger partial charge in [-0.2, -0.15) is 0 Å². The van der Waals surface area contributed by atoms with Crippen LogP contribution in [0.3, 0.4) is 0 Å². The first-order valence-electron chi connectivity index (χ1n) is 12.3. The predicted octanol–water partition coefficient (Wildman–Crippen LogP) is 10.9. The van der Waals surface area contributed by atoms with E-state index in [9.17, 15) is 5.11 Å². The molecule has 1 nitrogen and oxygen atoms in total. The largest absolute Gasteiger partial charge is 0.508 e. The maximum Gasteiger partial charge on any atom is 0.118 e. The highest BCUT2D eigenvalue weighted by Crippen LogP contribution is 2.23. The van der Waals surface area contributed by atoms with Crippen molar-refractivity contribution >= 4 is 0 Å². The van der Waals surface area contributed by atoms with Crippen molar-refractivity contribution in [3.63, 3.8) is 0 Å². The van der Waals surface area contributed by atoms with E-state index >= 15 is 0 Å². The van der Waals surface area contributed by atoms with Crippen LogP contribution in [-0.4, -0.2) is 5.11 Å². The van der Waals surface area contributed by atoms with Crippen LogP contribution in [0, 0.1) is 11.8 Å². The van der Waals surface area contributed by atoms with Crippen LogP contribution in [0.15, 0.2) is 84.0 Å². The zero-order valence-corrected chi connectivity index (χ0v) is 23.0.